The first-order valence-corrected chi connectivity index (χ1v) is 5.24. The van der Waals surface area contributed by atoms with Crippen molar-refractivity contribution in [1.82, 2.24) is 9.78 Å². The summed E-state index contributed by atoms with van der Waals surface area (Å²) in [4.78, 5) is 10.4. The van der Waals surface area contributed by atoms with Crippen LogP contribution in [0.1, 0.15) is 31.5 Å². The van der Waals surface area contributed by atoms with E-state index in [1.54, 1.807) is 29.5 Å². The summed E-state index contributed by atoms with van der Waals surface area (Å²) in [6.07, 6.45) is -1.34. The second kappa shape index (κ2) is 4.86. The third-order valence-electron chi connectivity index (χ3n) is 1.84. The lowest BCUT2D eigenvalue weighted by atomic mass is 10.2. The van der Waals surface area contributed by atoms with Crippen molar-refractivity contribution in [2.24, 2.45) is 0 Å². The molecule has 0 aliphatic heterocycles. The zero-order valence-corrected chi connectivity index (χ0v) is 9.98. The number of aromatic nitrogens is 2. The summed E-state index contributed by atoms with van der Waals surface area (Å²) in [5, 5.41) is 12.2. The minimum Gasteiger partial charge on any atom is -0.481 e. The van der Waals surface area contributed by atoms with Crippen molar-refractivity contribution in [1.29, 1.82) is 0 Å². The molecule has 0 aliphatic rings. The number of nitrogens with zero attached hydrogens (tertiary/aromatic N) is 2. The van der Waals surface area contributed by atoms with Crippen molar-refractivity contribution in [3.8, 4) is 0 Å². The summed E-state index contributed by atoms with van der Waals surface area (Å²) in [5.41, 5.74) is -0.298. The molecule has 1 rings (SSSR count). The first kappa shape index (κ1) is 12.3. The highest BCUT2D eigenvalue weighted by Crippen LogP contribution is 2.24. The van der Waals surface area contributed by atoms with E-state index in [-0.39, 0.29) is 12.1 Å². The Balaban J connectivity index is 2.87. The van der Waals surface area contributed by atoms with Crippen LogP contribution in [0, 0.1) is 3.57 Å². The molecule has 0 saturated heterocycles. The molecule has 0 saturated carbocycles. The smallest absolute Gasteiger partial charge is 0.305 e. The first-order valence-electron chi connectivity index (χ1n) is 4.16. The SMILES string of the molecule is CC(CC(=O)O)n1cc(I)c(C(F)F)n1. The van der Waals surface area contributed by atoms with Gasteiger partial charge in [0, 0.05) is 6.20 Å². The molecule has 1 unspecified atom stereocenters. The van der Waals surface area contributed by atoms with E-state index in [1.165, 1.54) is 10.9 Å². The van der Waals surface area contributed by atoms with Crippen LogP contribution < -0.4 is 0 Å². The molecule has 7 heteroatoms. The molecular weight excluding hydrogens is 321 g/mol. The summed E-state index contributed by atoms with van der Waals surface area (Å²) >= 11 is 1.75. The van der Waals surface area contributed by atoms with Crippen LogP contribution in [-0.4, -0.2) is 20.9 Å². The van der Waals surface area contributed by atoms with Gasteiger partial charge in [0.05, 0.1) is 16.0 Å². The fourth-order valence-electron chi connectivity index (χ4n) is 1.10. The predicted molar refractivity (Wildman–Crippen MR) is 56.9 cm³/mol. The summed E-state index contributed by atoms with van der Waals surface area (Å²) in [7, 11) is 0. The van der Waals surface area contributed by atoms with Crippen molar-refractivity contribution in [2.75, 3.05) is 0 Å². The van der Waals surface area contributed by atoms with Crippen molar-refractivity contribution < 1.29 is 18.7 Å². The van der Waals surface area contributed by atoms with Gasteiger partial charge in [0.15, 0.2) is 0 Å². The number of hydrogen-bond donors (Lipinski definition) is 1. The number of carboxylic acid groups (broad SMARTS) is 1. The summed E-state index contributed by atoms with van der Waals surface area (Å²) in [6, 6.07) is -0.427. The van der Waals surface area contributed by atoms with Gasteiger partial charge in [-0.2, -0.15) is 5.10 Å². The maximum absolute atomic E-state index is 12.4. The average Bonchev–Trinajstić information content (AvgIpc) is 2.46. The molecule has 0 aromatic carbocycles. The Morgan fingerprint density at radius 2 is 2.33 bits per heavy atom. The van der Waals surface area contributed by atoms with Gasteiger partial charge in [-0.15, -0.1) is 0 Å². The van der Waals surface area contributed by atoms with Gasteiger partial charge < -0.3 is 5.11 Å². The Kier molecular flexibility index (Phi) is 4.00. The number of carboxylic acids is 1. The Bertz CT molecular complexity index is 368. The molecule has 84 valence electrons. The lowest BCUT2D eigenvalue weighted by Gasteiger charge is -2.08. The van der Waals surface area contributed by atoms with E-state index in [2.05, 4.69) is 5.10 Å². The van der Waals surface area contributed by atoms with E-state index in [1.807, 2.05) is 0 Å². The fourth-order valence-corrected chi connectivity index (χ4v) is 1.73. The van der Waals surface area contributed by atoms with E-state index in [0.29, 0.717) is 3.57 Å². The second-order valence-corrected chi connectivity index (χ2v) is 4.25. The monoisotopic (exact) mass is 330 g/mol. The third-order valence-corrected chi connectivity index (χ3v) is 2.67. The molecule has 0 spiro atoms. The maximum atomic E-state index is 12.4. The van der Waals surface area contributed by atoms with Crippen LogP contribution in [0.25, 0.3) is 0 Å². The lowest BCUT2D eigenvalue weighted by molar-refractivity contribution is -0.137. The average molecular weight is 330 g/mol. The summed E-state index contributed by atoms with van der Waals surface area (Å²) in [5.74, 6) is -0.980. The van der Waals surface area contributed by atoms with Crippen LogP contribution in [-0.2, 0) is 4.79 Å². The second-order valence-electron chi connectivity index (χ2n) is 3.09. The van der Waals surface area contributed by atoms with E-state index in [0.717, 1.165) is 0 Å². The molecule has 0 amide bonds. The topological polar surface area (TPSA) is 55.1 Å². The number of carbonyl (C=O) groups is 1. The molecule has 1 aromatic rings. The molecule has 4 nitrogen and oxygen atoms in total. The highest BCUT2D eigenvalue weighted by atomic mass is 127. The van der Waals surface area contributed by atoms with Gasteiger partial charge in [0.2, 0.25) is 0 Å². The standard InChI is InChI=1S/C8H9F2IN2O2/c1-4(2-6(14)15)13-3-5(11)7(12-13)8(9)10/h3-4,8H,2H2,1H3,(H,14,15). The number of hydrogen-bond acceptors (Lipinski definition) is 2. The van der Waals surface area contributed by atoms with Crippen molar-refractivity contribution >= 4 is 28.6 Å². The van der Waals surface area contributed by atoms with Crippen LogP contribution in [0.15, 0.2) is 6.20 Å². The Hall–Kier alpha value is -0.730. The molecule has 1 N–H and O–H groups in total. The zero-order chi connectivity index (χ0) is 11.6. The van der Waals surface area contributed by atoms with Crippen LogP contribution in [0.5, 0.6) is 0 Å². The number of alkyl halides is 2. The van der Waals surface area contributed by atoms with E-state index < -0.39 is 18.4 Å². The molecule has 0 radical (unpaired) electrons. The van der Waals surface area contributed by atoms with E-state index >= 15 is 0 Å². The van der Waals surface area contributed by atoms with Gasteiger partial charge in [-0.05, 0) is 29.5 Å². The lowest BCUT2D eigenvalue weighted by Crippen LogP contribution is -2.11. The Morgan fingerprint density at radius 1 is 1.73 bits per heavy atom. The highest BCUT2D eigenvalue weighted by Gasteiger charge is 2.19. The van der Waals surface area contributed by atoms with Crippen molar-refractivity contribution in [2.45, 2.75) is 25.8 Å². The minimum atomic E-state index is -2.63. The highest BCUT2D eigenvalue weighted by molar-refractivity contribution is 14.1. The van der Waals surface area contributed by atoms with Crippen LogP contribution in [0.4, 0.5) is 8.78 Å². The first-order chi connectivity index (χ1) is 6.91. The number of halogens is 3. The Labute approximate surface area is 98.4 Å². The van der Waals surface area contributed by atoms with E-state index in [9.17, 15) is 13.6 Å². The molecule has 0 bridgehead atoms. The van der Waals surface area contributed by atoms with Crippen LogP contribution in [0.3, 0.4) is 0 Å². The summed E-state index contributed by atoms with van der Waals surface area (Å²) in [6.45, 7) is 1.62. The van der Waals surface area contributed by atoms with Gasteiger partial charge in [-0.1, -0.05) is 0 Å². The van der Waals surface area contributed by atoms with Gasteiger partial charge in [0.25, 0.3) is 6.43 Å². The zero-order valence-electron chi connectivity index (χ0n) is 7.82. The summed E-state index contributed by atoms with van der Waals surface area (Å²) < 4.78 is 26.3. The maximum Gasteiger partial charge on any atom is 0.305 e. The molecule has 0 aliphatic carbocycles. The van der Waals surface area contributed by atoms with Crippen LogP contribution in [0.2, 0.25) is 0 Å². The van der Waals surface area contributed by atoms with Crippen molar-refractivity contribution in [3.63, 3.8) is 0 Å². The number of aliphatic carboxylic acids is 1. The molecular formula is C8H9F2IN2O2. The Morgan fingerprint density at radius 3 is 2.73 bits per heavy atom. The quantitative estimate of drug-likeness (QED) is 0.863. The molecule has 15 heavy (non-hydrogen) atoms. The third kappa shape index (κ3) is 3.11. The molecule has 1 heterocycles. The molecule has 1 aromatic heterocycles. The van der Waals surface area contributed by atoms with Crippen molar-refractivity contribution in [3.05, 3.63) is 15.5 Å². The van der Waals surface area contributed by atoms with Gasteiger partial charge in [-0.3, -0.25) is 9.48 Å². The van der Waals surface area contributed by atoms with Gasteiger partial charge >= 0.3 is 5.97 Å². The fraction of sp³-hybridized carbons (Fsp3) is 0.500. The largest absolute Gasteiger partial charge is 0.481 e. The van der Waals surface area contributed by atoms with E-state index in [4.69, 9.17) is 5.11 Å². The van der Waals surface area contributed by atoms with Crippen LogP contribution >= 0.6 is 22.6 Å². The number of rotatable bonds is 4. The molecule has 1 atom stereocenters. The molecule has 0 fully saturated rings. The van der Waals surface area contributed by atoms with Gasteiger partial charge in [0.1, 0.15) is 5.69 Å². The minimum absolute atomic E-state index is 0.138. The van der Waals surface area contributed by atoms with Gasteiger partial charge in [-0.25, -0.2) is 8.78 Å². The normalized spacial score (nSPS) is 13.1. The predicted octanol–water partition coefficient (Wildman–Crippen LogP) is 2.46.